The molecular weight excluding hydrogens is 369 g/mol. The molecule has 24 heavy (non-hydrogen) atoms. The van der Waals surface area contributed by atoms with Gasteiger partial charge in [0.1, 0.15) is 5.75 Å². The van der Waals surface area contributed by atoms with Gasteiger partial charge in [0.05, 0.1) is 12.1 Å². The molecule has 0 amide bonds. The Morgan fingerprint density at radius 2 is 1.58 bits per heavy atom. The molecule has 0 saturated carbocycles. The lowest BCUT2D eigenvalue weighted by Gasteiger charge is -2.22. The van der Waals surface area contributed by atoms with E-state index >= 15 is 0 Å². The van der Waals surface area contributed by atoms with Gasteiger partial charge in [0, 0.05) is 41.7 Å². The van der Waals surface area contributed by atoms with Gasteiger partial charge in [-0.05, 0) is 42.5 Å². The quantitative estimate of drug-likeness (QED) is 0.479. The molecule has 0 unspecified atom stereocenters. The van der Waals surface area contributed by atoms with Gasteiger partial charge in [0.15, 0.2) is 5.78 Å². The molecule has 2 rings (SSSR count). The molecule has 0 aliphatic heterocycles. The van der Waals surface area contributed by atoms with Crippen molar-refractivity contribution in [2.75, 3.05) is 36.9 Å². The van der Waals surface area contributed by atoms with Gasteiger partial charge in [-0.25, -0.2) is 0 Å². The van der Waals surface area contributed by atoms with Crippen LogP contribution < -0.4 is 9.64 Å². The highest BCUT2D eigenvalue weighted by atomic mass is 35.5. The number of carbonyl (C=O) groups excluding carboxylic acids is 1. The molecule has 2 aromatic carbocycles. The third kappa shape index (κ3) is 4.56. The molecule has 0 aromatic heterocycles. The summed E-state index contributed by atoms with van der Waals surface area (Å²) in [4.78, 5) is 14.7. The Hall–Kier alpha value is -1.42. The number of ketones is 1. The van der Waals surface area contributed by atoms with Crippen LogP contribution in [0.1, 0.15) is 15.9 Å². The zero-order valence-corrected chi connectivity index (χ0v) is 15.5. The van der Waals surface area contributed by atoms with Crippen molar-refractivity contribution >= 4 is 46.3 Å². The molecule has 0 bridgehead atoms. The van der Waals surface area contributed by atoms with Crippen molar-refractivity contribution < 1.29 is 9.53 Å². The number of hydrogen-bond acceptors (Lipinski definition) is 3. The van der Waals surface area contributed by atoms with E-state index in [1.54, 1.807) is 30.3 Å². The SMILES string of the molecule is COc1ccc(C(=O)c2ccc(N(CCCl)CCCl)cc2)cc1Cl. The van der Waals surface area contributed by atoms with Crippen LogP contribution in [0.15, 0.2) is 42.5 Å². The Bertz CT molecular complexity index is 683. The fourth-order valence-electron chi connectivity index (χ4n) is 2.37. The molecule has 3 nitrogen and oxygen atoms in total. The molecule has 0 N–H and O–H groups in total. The smallest absolute Gasteiger partial charge is 0.193 e. The van der Waals surface area contributed by atoms with Crippen molar-refractivity contribution in [1.82, 2.24) is 0 Å². The standard InChI is InChI=1S/C18H18Cl3NO2/c1-24-17-7-4-14(12-16(17)21)18(23)13-2-5-15(6-3-13)22(10-8-19)11-9-20/h2-7,12H,8-11H2,1H3. The largest absolute Gasteiger partial charge is 0.495 e. The molecule has 0 atom stereocenters. The van der Waals surface area contributed by atoms with E-state index < -0.39 is 0 Å². The molecule has 0 radical (unpaired) electrons. The third-order valence-corrected chi connectivity index (χ3v) is 4.25. The lowest BCUT2D eigenvalue weighted by Crippen LogP contribution is -2.27. The summed E-state index contributed by atoms with van der Waals surface area (Å²) in [5.41, 5.74) is 2.10. The van der Waals surface area contributed by atoms with E-state index in [2.05, 4.69) is 4.90 Å². The minimum Gasteiger partial charge on any atom is -0.495 e. The predicted octanol–water partition coefficient (Wildman–Crippen LogP) is 4.86. The van der Waals surface area contributed by atoms with Crippen LogP contribution >= 0.6 is 34.8 Å². The first-order valence-corrected chi connectivity index (χ1v) is 8.90. The fourth-order valence-corrected chi connectivity index (χ4v) is 3.04. The molecule has 0 fully saturated rings. The van der Waals surface area contributed by atoms with E-state index in [0.717, 1.165) is 5.69 Å². The van der Waals surface area contributed by atoms with Crippen LogP contribution in [-0.2, 0) is 0 Å². The second-order valence-corrected chi connectivity index (χ2v) is 6.25. The van der Waals surface area contributed by atoms with Gasteiger partial charge in [-0.1, -0.05) is 11.6 Å². The Balaban J connectivity index is 2.20. The van der Waals surface area contributed by atoms with E-state index in [1.165, 1.54) is 7.11 Å². The second-order valence-electron chi connectivity index (χ2n) is 5.09. The first-order valence-electron chi connectivity index (χ1n) is 7.46. The predicted molar refractivity (Wildman–Crippen MR) is 102 cm³/mol. The topological polar surface area (TPSA) is 29.5 Å². The number of alkyl halides is 2. The van der Waals surface area contributed by atoms with Crippen molar-refractivity contribution in [3.05, 3.63) is 58.6 Å². The maximum atomic E-state index is 12.6. The second kappa shape index (κ2) is 9.16. The van der Waals surface area contributed by atoms with E-state index in [-0.39, 0.29) is 5.78 Å². The summed E-state index contributed by atoms with van der Waals surface area (Å²) < 4.78 is 5.10. The van der Waals surface area contributed by atoms with Gasteiger partial charge in [0.25, 0.3) is 0 Å². The van der Waals surface area contributed by atoms with Crippen LogP contribution in [0, 0.1) is 0 Å². The summed E-state index contributed by atoms with van der Waals surface area (Å²) in [6.45, 7) is 1.41. The van der Waals surface area contributed by atoms with Crippen LogP contribution in [0.4, 0.5) is 5.69 Å². The fraction of sp³-hybridized carbons (Fsp3) is 0.278. The zero-order chi connectivity index (χ0) is 17.5. The van der Waals surface area contributed by atoms with Gasteiger partial charge in [0.2, 0.25) is 0 Å². The lowest BCUT2D eigenvalue weighted by molar-refractivity contribution is 0.103. The minimum absolute atomic E-state index is 0.0904. The molecule has 2 aromatic rings. The molecule has 0 aliphatic carbocycles. The van der Waals surface area contributed by atoms with Gasteiger partial charge >= 0.3 is 0 Å². The van der Waals surface area contributed by atoms with Crippen molar-refractivity contribution in [2.24, 2.45) is 0 Å². The van der Waals surface area contributed by atoms with E-state index in [1.807, 2.05) is 12.1 Å². The monoisotopic (exact) mass is 385 g/mol. The molecule has 128 valence electrons. The van der Waals surface area contributed by atoms with E-state index in [0.29, 0.717) is 46.7 Å². The molecule has 0 aliphatic rings. The number of benzene rings is 2. The van der Waals surface area contributed by atoms with Crippen molar-refractivity contribution in [3.63, 3.8) is 0 Å². The van der Waals surface area contributed by atoms with E-state index in [4.69, 9.17) is 39.5 Å². The zero-order valence-electron chi connectivity index (χ0n) is 13.3. The summed E-state index contributed by atoms with van der Waals surface area (Å²) in [5, 5.41) is 0.412. The van der Waals surface area contributed by atoms with Crippen LogP contribution in [0.25, 0.3) is 0 Å². The molecule has 0 heterocycles. The summed E-state index contributed by atoms with van der Waals surface area (Å²) in [6, 6.07) is 12.4. The Morgan fingerprint density at radius 1 is 1.00 bits per heavy atom. The van der Waals surface area contributed by atoms with Crippen molar-refractivity contribution in [2.45, 2.75) is 0 Å². The first kappa shape index (κ1) is 18.9. The average molecular weight is 387 g/mol. The first-order chi connectivity index (χ1) is 11.6. The highest BCUT2D eigenvalue weighted by Gasteiger charge is 2.13. The van der Waals surface area contributed by atoms with Gasteiger partial charge in [-0.3, -0.25) is 4.79 Å². The van der Waals surface area contributed by atoms with E-state index in [9.17, 15) is 4.79 Å². The van der Waals surface area contributed by atoms with Crippen LogP contribution in [0.2, 0.25) is 5.02 Å². The van der Waals surface area contributed by atoms with Crippen molar-refractivity contribution in [1.29, 1.82) is 0 Å². The number of anilines is 1. The maximum Gasteiger partial charge on any atom is 0.193 e. The molecule has 0 saturated heterocycles. The average Bonchev–Trinajstić information content (AvgIpc) is 2.61. The van der Waals surface area contributed by atoms with Gasteiger partial charge in [-0.2, -0.15) is 0 Å². The maximum absolute atomic E-state index is 12.6. The van der Waals surface area contributed by atoms with Crippen LogP contribution in [0.5, 0.6) is 5.75 Å². The van der Waals surface area contributed by atoms with Crippen molar-refractivity contribution in [3.8, 4) is 5.75 Å². The Morgan fingerprint density at radius 3 is 2.08 bits per heavy atom. The number of halogens is 3. The molecule has 0 spiro atoms. The summed E-state index contributed by atoms with van der Waals surface area (Å²) in [6.07, 6.45) is 0. The highest BCUT2D eigenvalue weighted by molar-refractivity contribution is 6.32. The summed E-state index contributed by atoms with van der Waals surface area (Å²) >= 11 is 17.7. The number of rotatable bonds is 8. The number of methoxy groups -OCH3 is 1. The van der Waals surface area contributed by atoms with Gasteiger partial charge in [-0.15, -0.1) is 23.2 Å². The Kier molecular flexibility index (Phi) is 7.22. The number of ether oxygens (including phenoxy) is 1. The number of carbonyl (C=O) groups is 1. The minimum atomic E-state index is -0.0904. The Labute approximate surface area is 157 Å². The highest BCUT2D eigenvalue weighted by Crippen LogP contribution is 2.26. The number of hydrogen-bond donors (Lipinski definition) is 0. The summed E-state index contributed by atoms with van der Waals surface area (Å²) in [5.74, 6) is 1.48. The van der Waals surface area contributed by atoms with Crippen LogP contribution in [-0.4, -0.2) is 37.7 Å². The van der Waals surface area contributed by atoms with Gasteiger partial charge < -0.3 is 9.64 Å². The normalized spacial score (nSPS) is 10.5. The third-order valence-electron chi connectivity index (χ3n) is 3.62. The molecule has 6 heteroatoms. The van der Waals surface area contributed by atoms with Crippen LogP contribution in [0.3, 0.4) is 0 Å². The summed E-state index contributed by atoms with van der Waals surface area (Å²) in [7, 11) is 1.54. The molecular formula is C18H18Cl3NO2. The number of nitrogens with zero attached hydrogens (tertiary/aromatic N) is 1. The lowest BCUT2D eigenvalue weighted by atomic mass is 10.0.